The quantitative estimate of drug-likeness (QED) is 0.815. The Hall–Kier alpha value is -2.90. The Morgan fingerprint density at radius 2 is 2.23 bits per heavy atom. The average Bonchev–Trinajstić information content (AvgIpc) is 2.85. The van der Waals surface area contributed by atoms with Crippen LogP contribution in [0.1, 0.15) is 30.1 Å². The van der Waals surface area contributed by atoms with Crippen LogP contribution in [0.4, 0.5) is 4.39 Å². The molecule has 0 saturated carbocycles. The van der Waals surface area contributed by atoms with Crippen molar-refractivity contribution in [3.63, 3.8) is 0 Å². The van der Waals surface area contributed by atoms with Crippen LogP contribution in [-0.2, 0) is 4.79 Å². The van der Waals surface area contributed by atoms with Crippen LogP contribution >= 0.6 is 0 Å². The van der Waals surface area contributed by atoms with Crippen LogP contribution in [0.3, 0.4) is 0 Å². The molecule has 1 aliphatic heterocycles. The molecule has 1 saturated heterocycles. The molecule has 3 N–H and O–H groups in total. The number of rotatable bonds is 6. The van der Waals surface area contributed by atoms with Crippen molar-refractivity contribution in [3.05, 3.63) is 30.0 Å². The molecule has 1 aromatic heterocycles. The summed E-state index contributed by atoms with van der Waals surface area (Å²) < 4.78 is 24.9. The topological polar surface area (TPSA) is 104 Å². The van der Waals surface area contributed by atoms with Crippen molar-refractivity contribution in [2.75, 3.05) is 13.7 Å². The van der Waals surface area contributed by atoms with Gasteiger partial charge in [-0.15, -0.1) is 0 Å². The van der Waals surface area contributed by atoms with Gasteiger partial charge < -0.3 is 20.5 Å². The van der Waals surface area contributed by atoms with Crippen LogP contribution in [-0.4, -0.2) is 42.2 Å². The van der Waals surface area contributed by atoms with Crippen molar-refractivity contribution in [1.82, 2.24) is 10.3 Å². The van der Waals surface area contributed by atoms with Crippen LogP contribution in [0.2, 0.25) is 0 Å². The lowest BCUT2D eigenvalue weighted by Crippen LogP contribution is -2.31. The number of ether oxygens (including phenoxy) is 2. The van der Waals surface area contributed by atoms with Crippen LogP contribution in [0.25, 0.3) is 10.9 Å². The molecule has 0 radical (unpaired) electrons. The smallest absolute Gasteiger partial charge is 0.257 e. The maximum Gasteiger partial charge on any atom is 0.257 e. The standard InChI is InChI=1S/C18H20FN3O4/c1-18(19)9-10(22-17(18)24)4-6-26-14-3-5-21-13-7-12(16(20)23)15(25-2)8-11(13)14/h3,5,7-8,10H,4,6,9H2,1-2H3,(H2,20,23)(H,22,24)/t10-,18+/m1/s1. The molecule has 0 unspecified atom stereocenters. The van der Waals surface area contributed by atoms with Gasteiger partial charge in [-0.25, -0.2) is 4.39 Å². The van der Waals surface area contributed by atoms with Gasteiger partial charge in [-0.2, -0.15) is 0 Å². The zero-order valence-electron chi connectivity index (χ0n) is 14.5. The summed E-state index contributed by atoms with van der Waals surface area (Å²) in [6.07, 6.45) is 2.17. The molecule has 8 heteroatoms. The Morgan fingerprint density at radius 3 is 2.85 bits per heavy atom. The minimum atomic E-state index is -1.83. The van der Waals surface area contributed by atoms with Gasteiger partial charge in [0, 0.05) is 30.5 Å². The molecule has 26 heavy (non-hydrogen) atoms. The number of methoxy groups -OCH3 is 1. The fraction of sp³-hybridized carbons (Fsp3) is 0.389. The number of alkyl halides is 1. The third-order valence-electron chi connectivity index (χ3n) is 4.45. The normalized spacial score (nSPS) is 22.3. The van der Waals surface area contributed by atoms with E-state index in [1.807, 2.05) is 0 Å². The zero-order chi connectivity index (χ0) is 18.9. The number of nitrogens with one attached hydrogen (secondary N) is 1. The van der Waals surface area contributed by atoms with Gasteiger partial charge in [-0.05, 0) is 25.1 Å². The molecule has 2 amide bonds. The summed E-state index contributed by atoms with van der Waals surface area (Å²) in [4.78, 5) is 27.2. The van der Waals surface area contributed by atoms with Crippen LogP contribution in [0, 0.1) is 0 Å². The SMILES string of the molecule is COc1cc2c(OCC[C@@H]3C[C@](C)(F)C(=O)N3)ccnc2cc1C(N)=O. The first-order valence-corrected chi connectivity index (χ1v) is 8.21. The van der Waals surface area contributed by atoms with Gasteiger partial charge in [0.2, 0.25) is 0 Å². The highest BCUT2D eigenvalue weighted by Gasteiger charge is 2.42. The summed E-state index contributed by atoms with van der Waals surface area (Å²) in [5.74, 6) is -0.306. The number of fused-ring (bicyclic) bond motifs is 1. The maximum absolute atomic E-state index is 13.9. The van der Waals surface area contributed by atoms with E-state index in [1.165, 1.54) is 14.0 Å². The molecule has 2 atom stereocenters. The number of pyridine rings is 1. The summed E-state index contributed by atoms with van der Waals surface area (Å²) in [6, 6.07) is 4.63. The lowest BCUT2D eigenvalue weighted by molar-refractivity contribution is -0.128. The summed E-state index contributed by atoms with van der Waals surface area (Å²) in [5.41, 5.74) is 4.31. The third-order valence-corrected chi connectivity index (χ3v) is 4.45. The highest BCUT2D eigenvalue weighted by Crippen LogP contribution is 2.31. The Kier molecular flexibility index (Phi) is 4.67. The average molecular weight is 361 g/mol. The largest absolute Gasteiger partial charge is 0.496 e. The van der Waals surface area contributed by atoms with E-state index in [9.17, 15) is 14.0 Å². The Balaban J connectivity index is 1.76. The second-order valence-electron chi connectivity index (χ2n) is 6.45. The minimum absolute atomic E-state index is 0.127. The van der Waals surface area contributed by atoms with Gasteiger partial charge >= 0.3 is 0 Å². The van der Waals surface area contributed by atoms with E-state index in [-0.39, 0.29) is 18.0 Å². The van der Waals surface area contributed by atoms with Gasteiger partial charge in [0.15, 0.2) is 5.67 Å². The van der Waals surface area contributed by atoms with Gasteiger partial charge in [0.25, 0.3) is 11.8 Å². The lowest BCUT2D eigenvalue weighted by atomic mass is 10.0. The molecule has 1 aliphatic rings. The molecule has 0 bridgehead atoms. The fourth-order valence-electron chi connectivity index (χ4n) is 3.06. The van der Waals surface area contributed by atoms with E-state index in [4.69, 9.17) is 15.2 Å². The molecule has 1 aromatic carbocycles. The van der Waals surface area contributed by atoms with Gasteiger partial charge in [-0.3, -0.25) is 14.6 Å². The first-order valence-electron chi connectivity index (χ1n) is 8.21. The molecule has 138 valence electrons. The van der Waals surface area contributed by atoms with E-state index >= 15 is 0 Å². The molecular weight excluding hydrogens is 341 g/mol. The van der Waals surface area contributed by atoms with E-state index < -0.39 is 17.5 Å². The molecule has 1 fully saturated rings. The fourth-order valence-corrected chi connectivity index (χ4v) is 3.06. The van der Waals surface area contributed by atoms with Crippen molar-refractivity contribution in [2.24, 2.45) is 5.73 Å². The molecule has 3 rings (SSSR count). The Labute approximate surface area is 149 Å². The summed E-state index contributed by atoms with van der Waals surface area (Å²) in [5, 5.41) is 3.29. The second-order valence-corrected chi connectivity index (χ2v) is 6.45. The van der Waals surface area contributed by atoms with Gasteiger partial charge in [-0.1, -0.05) is 0 Å². The monoisotopic (exact) mass is 361 g/mol. The number of hydrogen-bond donors (Lipinski definition) is 2. The Bertz CT molecular complexity index is 869. The second kappa shape index (κ2) is 6.78. The summed E-state index contributed by atoms with van der Waals surface area (Å²) in [6.45, 7) is 1.57. The molecule has 2 heterocycles. The predicted molar refractivity (Wildman–Crippen MR) is 93.0 cm³/mol. The molecule has 0 spiro atoms. The number of halogens is 1. The predicted octanol–water partition coefficient (Wildman–Crippen LogP) is 1.73. The van der Waals surface area contributed by atoms with Crippen molar-refractivity contribution >= 4 is 22.7 Å². The van der Waals surface area contributed by atoms with E-state index in [2.05, 4.69) is 10.3 Å². The third kappa shape index (κ3) is 3.40. The zero-order valence-corrected chi connectivity index (χ0v) is 14.5. The van der Waals surface area contributed by atoms with Crippen LogP contribution < -0.4 is 20.5 Å². The maximum atomic E-state index is 13.9. The summed E-state index contributed by atoms with van der Waals surface area (Å²) in [7, 11) is 1.45. The number of benzene rings is 1. The lowest BCUT2D eigenvalue weighted by Gasteiger charge is -2.14. The van der Waals surface area contributed by atoms with Crippen LogP contribution in [0.15, 0.2) is 24.4 Å². The van der Waals surface area contributed by atoms with Gasteiger partial charge in [0.1, 0.15) is 11.5 Å². The van der Waals surface area contributed by atoms with Gasteiger partial charge in [0.05, 0.1) is 24.8 Å². The molecule has 2 aromatic rings. The number of nitrogens with zero attached hydrogens (tertiary/aromatic N) is 1. The first-order chi connectivity index (χ1) is 12.3. The first kappa shape index (κ1) is 17.9. The minimum Gasteiger partial charge on any atom is -0.496 e. The van der Waals surface area contributed by atoms with Crippen molar-refractivity contribution in [1.29, 1.82) is 0 Å². The number of aromatic nitrogens is 1. The van der Waals surface area contributed by atoms with Crippen molar-refractivity contribution in [3.8, 4) is 11.5 Å². The Morgan fingerprint density at radius 1 is 1.46 bits per heavy atom. The number of hydrogen-bond acceptors (Lipinski definition) is 5. The molecule has 7 nitrogen and oxygen atoms in total. The number of carbonyl (C=O) groups excluding carboxylic acids is 2. The number of amides is 2. The number of primary amides is 1. The summed E-state index contributed by atoms with van der Waals surface area (Å²) >= 11 is 0. The number of nitrogens with two attached hydrogens (primary N) is 1. The number of carbonyl (C=O) groups is 2. The van der Waals surface area contributed by atoms with E-state index in [0.717, 1.165) is 0 Å². The van der Waals surface area contributed by atoms with E-state index in [0.29, 0.717) is 35.4 Å². The molecular formula is C18H20FN3O4. The highest BCUT2D eigenvalue weighted by atomic mass is 19.1. The van der Waals surface area contributed by atoms with Crippen LogP contribution in [0.5, 0.6) is 11.5 Å². The van der Waals surface area contributed by atoms with Crippen molar-refractivity contribution in [2.45, 2.75) is 31.5 Å². The van der Waals surface area contributed by atoms with E-state index in [1.54, 1.807) is 24.4 Å². The highest BCUT2D eigenvalue weighted by molar-refractivity contribution is 6.01. The van der Waals surface area contributed by atoms with Crippen molar-refractivity contribution < 1.29 is 23.5 Å². The molecule has 0 aliphatic carbocycles.